The van der Waals surface area contributed by atoms with Gasteiger partial charge in [-0.2, -0.15) is 0 Å². The minimum atomic E-state index is -0.820. The highest BCUT2D eigenvalue weighted by atomic mass is 16.4. The summed E-state index contributed by atoms with van der Waals surface area (Å²) in [6, 6.07) is 3.83. The number of carboxylic acid groups (broad SMARTS) is 1. The van der Waals surface area contributed by atoms with Crippen LogP contribution in [0.2, 0.25) is 0 Å². The predicted molar refractivity (Wildman–Crippen MR) is 111 cm³/mol. The number of benzene rings is 1. The molecule has 1 aromatic heterocycles. The van der Waals surface area contributed by atoms with Gasteiger partial charge in [-0.15, -0.1) is 0 Å². The first-order chi connectivity index (χ1) is 14.2. The molecule has 2 aliphatic heterocycles. The van der Waals surface area contributed by atoms with E-state index >= 15 is 0 Å². The maximum Gasteiger partial charge on any atom is 0.306 e. The van der Waals surface area contributed by atoms with Gasteiger partial charge in [0, 0.05) is 13.1 Å². The van der Waals surface area contributed by atoms with Crippen molar-refractivity contribution in [2.75, 3.05) is 24.5 Å². The molecule has 0 unspecified atom stereocenters. The highest BCUT2D eigenvalue weighted by Gasteiger charge is 2.30. The number of rotatable bonds is 3. The van der Waals surface area contributed by atoms with Crippen LogP contribution in [0.25, 0.3) is 6.58 Å². The van der Waals surface area contributed by atoms with Gasteiger partial charge < -0.3 is 19.9 Å². The van der Waals surface area contributed by atoms with Crippen molar-refractivity contribution in [3.05, 3.63) is 44.5 Å². The van der Waals surface area contributed by atoms with Gasteiger partial charge in [0.2, 0.25) is 5.91 Å². The number of aryl methyl sites for hydroxylation is 2. The average Bonchev–Trinajstić information content (AvgIpc) is 2.70. The van der Waals surface area contributed by atoms with Gasteiger partial charge in [0.1, 0.15) is 12.0 Å². The zero-order chi connectivity index (χ0) is 21.6. The Morgan fingerprint density at radius 1 is 1.23 bits per heavy atom. The quantitative estimate of drug-likeness (QED) is 0.763. The molecule has 1 aromatic carbocycles. The molecule has 9 nitrogen and oxygen atoms in total. The minimum Gasteiger partial charge on any atom is -0.481 e. The number of carboxylic acids is 1. The van der Waals surface area contributed by atoms with Crippen LogP contribution in [0, 0.1) is 19.8 Å². The Kier molecular flexibility index (Phi) is 4.89. The van der Waals surface area contributed by atoms with Crippen molar-refractivity contribution in [1.29, 1.82) is 0 Å². The Labute approximate surface area is 172 Å². The van der Waals surface area contributed by atoms with Crippen LogP contribution >= 0.6 is 0 Å². The van der Waals surface area contributed by atoms with Crippen LogP contribution in [0.15, 0.2) is 21.9 Å². The monoisotopic (exact) mass is 409 g/mol. The molecule has 2 aromatic rings. The van der Waals surface area contributed by atoms with Gasteiger partial charge >= 0.3 is 5.97 Å². The van der Waals surface area contributed by atoms with Crippen LogP contribution < -0.4 is 21.3 Å². The van der Waals surface area contributed by atoms with E-state index in [-0.39, 0.29) is 23.3 Å². The number of nitrogens with one attached hydrogen (secondary N) is 1. The second kappa shape index (κ2) is 7.40. The van der Waals surface area contributed by atoms with E-state index in [2.05, 4.69) is 21.5 Å². The van der Waals surface area contributed by atoms with E-state index in [0.29, 0.717) is 43.1 Å². The summed E-state index contributed by atoms with van der Waals surface area (Å²) in [5.41, 5.74) is 3.16. The smallest absolute Gasteiger partial charge is 0.306 e. The summed E-state index contributed by atoms with van der Waals surface area (Å²) in [6.45, 7) is 8.42. The number of H-pyrrole nitrogens is 1. The van der Waals surface area contributed by atoms with Crippen LogP contribution in [-0.2, 0) is 9.59 Å². The van der Waals surface area contributed by atoms with E-state index in [1.54, 1.807) is 9.80 Å². The topological polar surface area (TPSA) is 119 Å². The first kappa shape index (κ1) is 19.8. The first-order valence-electron chi connectivity index (χ1n) is 9.82. The molecule has 9 heteroatoms. The van der Waals surface area contributed by atoms with E-state index < -0.39 is 17.4 Å². The van der Waals surface area contributed by atoms with E-state index in [0.717, 1.165) is 11.1 Å². The molecule has 0 bridgehead atoms. The Hall–Kier alpha value is -3.49. The lowest BCUT2D eigenvalue weighted by molar-refractivity contribution is -0.145. The summed E-state index contributed by atoms with van der Waals surface area (Å²) in [5.74, 6) is -1.08. The number of carbonyl (C=O) groups excluding carboxylic acids is 1. The van der Waals surface area contributed by atoms with E-state index in [4.69, 9.17) is 0 Å². The van der Waals surface area contributed by atoms with Crippen LogP contribution in [0.5, 0.6) is 0 Å². The van der Waals surface area contributed by atoms with Gasteiger partial charge in [-0.3, -0.25) is 14.4 Å². The fraction of sp³-hybridized carbons (Fsp3) is 0.381. The molecule has 0 atom stereocenters. The van der Waals surface area contributed by atoms with Crippen molar-refractivity contribution in [3.8, 4) is 0 Å². The number of fused-ring (bicyclic) bond motifs is 2. The number of aromatic nitrogens is 2. The lowest BCUT2D eigenvalue weighted by Gasteiger charge is -2.33. The molecule has 0 radical (unpaired) electrons. The third-order valence-corrected chi connectivity index (χ3v) is 5.79. The molecule has 156 valence electrons. The SMILES string of the molecule is C=c1nc2c(c(=O)[nH]1)=Nc1cc(C)c(C)cc1N2CC(=O)N1CCC(C(=O)O)CC1. The van der Waals surface area contributed by atoms with E-state index in [1.165, 1.54) is 0 Å². The van der Waals surface area contributed by atoms with Crippen LogP contribution in [-0.4, -0.2) is 51.5 Å². The minimum absolute atomic E-state index is 0.0222. The number of hydrogen-bond acceptors (Lipinski definition) is 6. The van der Waals surface area contributed by atoms with Crippen molar-refractivity contribution < 1.29 is 14.7 Å². The Balaban J connectivity index is 1.71. The van der Waals surface area contributed by atoms with Crippen molar-refractivity contribution >= 4 is 35.6 Å². The van der Waals surface area contributed by atoms with E-state index in [1.807, 2.05) is 26.0 Å². The van der Waals surface area contributed by atoms with E-state index in [9.17, 15) is 19.5 Å². The number of aromatic amines is 1. The lowest BCUT2D eigenvalue weighted by Crippen LogP contribution is -2.48. The van der Waals surface area contributed by atoms with Crippen LogP contribution in [0.4, 0.5) is 17.2 Å². The molecule has 0 spiro atoms. The zero-order valence-corrected chi connectivity index (χ0v) is 16.9. The number of piperidine rings is 1. The van der Waals surface area contributed by atoms with Crippen molar-refractivity contribution in [2.24, 2.45) is 10.9 Å². The number of hydrogen-bond donors (Lipinski definition) is 2. The standard InChI is InChI=1S/C21H23N5O4/c1-11-8-15-16(9-12(11)2)26(19-18(24-15)20(28)23-13(3)22-19)10-17(27)25-6-4-14(5-7-25)21(29)30/h8-9,14H,3-7,10H2,1-2H3,(H,23,28)(H,29,30). The predicted octanol–water partition coefficient (Wildman–Crippen LogP) is 0.523. The molecule has 1 fully saturated rings. The molecule has 0 aliphatic carbocycles. The van der Waals surface area contributed by atoms with Crippen molar-refractivity contribution in [2.45, 2.75) is 26.7 Å². The Bertz CT molecular complexity index is 1210. The zero-order valence-electron chi connectivity index (χ0n) is 16.9. The Morgan fingerprint density at radius 3 is 2.57 bits per heavy atom. The molecule has 1 amide bonds. The van der Waals surface area contributed by atoms with Gasteiger partial charge in [0.15, 0.2) is 11.2 Å². The van der Waals surface area contributed by atoms with Crippen molar-refractivity contribution in [3.63, 3.8) is 0 Å². The largest absolute Gasteiger partial charge is 0.481 e. The normalized spacial score (nSPS) is 15.9. The summed E-state index contributed by atoms with van der Waals surface area (Å²) in [7, 11) is 0. The fourth-order valence-electron chi connectivity index (χ4n) is 3.89. The lowest BCUT2D eigenvalue weighted by atomic mass is 9.97. The van der Waals surface area contributed by atoms with Gasteiger partial charge in [-0.1, -0.05) is 6.58 Å². The van der Waals surface area contributed by atoms with Gasteiger partial charge in [-0.05, 0) is 49.9 Å². The summed E-state index contributed by atoms with van der Waals surface area (Å²) >= 11 is 0. The second-order valence-corrected chi connectivity index (χ2v) is 7.80. The first-order valence-corrected chi connectivity index (χ1v) is 9.82. The summed E-state index contributed by atoms with van der Waals surface area (Å²) < 4.78 is 0. The highest BCUT2D eigenvalue weighted by Crippen LogP contribution is 2.36. The number of carbonyl (C=O) groups is 2. The third kappa shape index (κ3) is 3.47. The molecule has 2 aliphatic rings. The number of anilines is 2. The number of aliphatic carboxylic acids is 1. The number of amides is 1. The number of likely N-dealkylation sites (tertiary alicyclic amines) is 1. The molecule has 30 heavy (non-hydrogen) atoms. The van der Waals surface area contributed by atoms with Gasteiger partial charge in [-0.25, -0.2) is 9.98 Å². The van der Waals surface area contributed by atoms with Gasteiger partial charge in [0.25, 0.3) is 5.56 Å². The molecule has 4 rings (SSSR count). The molecule has 0 saturated carbocycles. The number of nitrogens with zero attached hydrogens (tertiary/aromatic N) is 4. The molecular formula is C21H23N5O4. The molecule has 2 N–H and O–H groups in total. The average molecular weight is 409 g/mol. The second-order valence-electron chi connectivity index (χ2n) is 7.80. The molecular weight excluding hydrogens is 386 g/mol. The fourth-order valence-corrected chi connectivity index (χ4v) is 3.89. The maximum atomic E-state index is 13.1. The summed E-state index contributed by atoms with van der Waals surface area (Å²) in [6.07, 6.45) is 0.867. The highest BCUT2D eigenvalue weighted by molar-refractivity contribution is 5.87. The van der Waals surface area contributed by atoms with Crippen LogP contribution in [0.1, 0.15) is 24.0 Å². The maximum absolute atomic E-state index is 13.1. The van der Waals surface area contributed by atoms with Crippen LogP contribution in [0.3, 0.4) is 0 Å². The van der Waals surface area contributed by atoms with Gasteiger partial charge in [0.05, 0.1) is 17.3 Å². The summed E-state index contributed by atoms with van der Waals surface area (Å²) in [5, 5.41) is 9.32. The molecule has 1 saturated heterocycles. The van der Waals surface area contributed by atoms with Crippen molar-refractivity contribution in [1.82, 2.24) is 14.9 Å². The Morgan fingerprint density at radius 2 is 1.90 bits per heavy atom. The molecule has 3 heterocycles. The summed E-state index contributed by atoms with van der Waals surface area (Å²) in [4.78, 5) is 51.5. The third-order valence-electron chi connectivity index (χ3n) is 5.79.